The Bertz CT molecular complexity index is 273. The SMILES string of the molecule is C1CCCC1.F[P-](F)(F)(F)(F)F.[Fe].c1ccccc1. The molecule has 0 saturated heterocycles. The minimum absolute atomic E-state index is 0. The molecule has 1 aliphatic carbocycles. The van der Waals surface area contributed by atoms with E-state index in [9.17, 15) is 25.2 Å². The Balaban J connectivity index is 0. The summed E-state index contributed by atoms with van der Waals surface area (Å²) in [5, 5.41) is 0. The summed E-state index contributed by atoms with van der Waals surface area (Å²) in [5.74, 6) is 0. The zero-order valence-corrected chi connectivity index (χ0v) is 12.1. The molecule has 116 valence electrons. The van der Waals surface area contributed by atoms with Gasteiger partial charge in [-0.15, -0.1) is 0 Å². The summed E-state index contributed by atoms with van der Waals surface area (Å²) < 4.78 is 59.2. The summed E-state index contributed by atoms with van der Waals surface area (Å²) in [6.45, 7) is 0. The maximum Gasteiger partial charge on any atom is 0 e. The Morgan fingerprint density at radius 1 is 0.474 bits per heavy atom. The maximum absolute atomic E-state index is 10.7. The van der Waals surface area contributed by atoms with Gasteiger partial charge in [-0.3, -0.25) is 0 Å². The van der Waals surface area contributed by atoms with Crippen molar-refractivity contribution in [3.8, 4) is 0 Å². The van der Waals surface area contributed by atoms with Crippen molar-refractivity contribution in [1.82, 2.24) is 0 Å². The van der Waals surface area contributed by atoms with Gasteiger partial charge in [-0.25, -0.2) is 0 Å². The fraction of sp³-hybridized carbons (Fsp3) is 0.455. The fourth-order valence-electron chi connectivity index (χ4n) is 1.27. The average Bonchev–Trinajstić information content (AvgIpc) is 2.73. The van der Waals surface area contributed by atoms with Crippen LogP contribution in [0.25, 0.3) is 0 Å². The Labute approximate surface area is 119 Å². The number of hydrogen-bond donors (Lipinski definition) is 0. The molecule has 0 atom stereocenters. The minimum atomic E-state index is -10.7. The maximum atomic E-state index is 9.87. The zero-order chi connectivity index (χ0) is 14.2. The van der Waals surface area contributed by atoms with Gasteiger partial charge in [0.1, 0.15) is 0 Å². The van der Waals surface area contributed by atoms with E-state index in [4.69, 9.17) is 0 Å². The van der Waals surface area contributed by atoms with E-state index < -0.39 is 7.81 Å². The first-order chi connectivity index (χ1) is 7.95. The first-order valence-corrected chi connectivity index (χ1v) is 7.54. The van der Waals surface area contributed by atoms with Crippen LogP contribution in [0.3, 0.4) is 0 Å². The van der Waals surface area contributed by atoms with E-state index in [-0.39, 0.29) is 17.1 Å². The van der Waals surface area contributed by atoms with Crippen molar-refractivity contribution in [3.63, 3.8) is 0 Å². The molecule has 0 unspecified atom stereocenters. The van der Waals surface area contributed by atoms with E-state index in [1.807, 2.05) is 36.4 Å². The second-order valence-electron chi connectivity index (χ2n) is 3.88. The van der Waals surface area contributed by atoms with Gasteiger partial charge in [0.15, 0.2) is 0 Å². The third-order valence-corrected chi connectivity index (χ3v) is 1.92. The first kappa shape index (κ1) is 21.1. The molecule has 0 heterocycles. The minimum Gasteiger partial charge on any atom is -0.0623 e. The van der Waals surface area contributed by atoms with Gasteiger partial charge in [-0.1, -0.05) is 68.5 Å². The molecule has 1 aromatic rings. The molecule has 0 spiro atoms. The molecule has 0 aromatic heterocycles. The molecule has 0 nitrogen and oxygen atoms in total. The van der Waals surface area contributed by atoms with E-state index in [0.717, 1.165) is 0 Å². The fourth-order valence-corrected chi connectivity index (χ4v) is 1.27. The third-order valence-electron chi connectivity index (χ3n) is 1.92. The summed E-state index contributed by atoms with van der Waals surface area (Å²) in [7, 11) is -10.7. The summed E-state index contributed by atoms with van der Waals surface area (Å²) in [6, 6.07) is 12.0. The van der Waals surface area contributed by atoms with Gasteiger partial charge in [0.05, 0.1) is 0 Å². The van der Waals surface area contributed by atoms with Crippen LogP contribution in [0.4, 0.5) is 25.2 Å². The van der Waals surface area contributed by atoms with Gasteiger partial charge in [0, 0.05) is 17.1 Å². The number of hydrogen-bond acceptors (Lipinski definition) is 0. The van der Waals surface area contributed by atoms with Crippen molar-refractivity contribution in [1.29, 1.82) is 0 Å². The molecule has 0 aliphatic heterocycles. The number of halogens is 6. The molecule has 2 rings (SSSR count). The van der Waals surface area contributed by atoms with Gasteiger partial charge in [-0.2, -0.15) is 0 Å². The van der Waals surface area contributed by atoms with Crippen LogP contribution in [-0.4, -0.2) is 0 Å². The van der Waals surface area contributed by atoms with Crippen molar-refractivity contribution in [2.45, 2.75) is 32.1 Å². The molecule has 1 aromatic carbocycles. The molecule has 0 bridgehead atoms. The van der Waals surface area contributed by atoms with E-state index in [0.29, 0.717) is 0 Å². The Kier molecular flexibility index (Phi) is 8.32. The third kappa shape index (κ3) is 38.1. The Morgan fingerprint density at radius 3 is 0.684 bits per heavy atom. The largest absolute Gasteiger partial charge is 0.0623 e. The summed E-state index contributed by atoms with van der Waals surface area (Å²) in [6.07, 6.45) is 7.50. The van der Waals surface area contributed by atoms with Crippen LogP contribution in [-0.2, 0) is 17.1 Å². The van der Waals surface area contributed by atoms with Crippen molar-refractivity contribution in [2.24, 2.45) is 0 Å². The van der Waals surface area contributed by atoms with Gasteiger partial charge in [0.2, 0.25) is 0 Å². The van der Waals surface area contributed by atoms with Crippen molar-refractivity contribution < 1.29 is 42.3 Å². The van der Waals surface area contributed by atoms with Crippen LogP contribution < -0.4 is 0 Å². The van der Waals surface area contributed by atoms with E-state index in [2.05, 4.69) is 0 Å². The van der Waals surface area contributed by atoms with Gasteiger partial charge >= 0.3 is 33.0 Å². The quantitative estimate of drug-likeness (QED) is 0.268. The molecule has 19 heavy (non-hydrogen) atoms. The second-order valence-corrected chi connectivity index (χ2v) is 5.80. The Hall–Kier alpha value is -0.251. The predicted molar refractivity (Wildman–Crippen MR) is 63.1 cm³/mol. The Morgan fingerprint density at radius 2 is 0.579 bits per heavy atom. The standard InChI is InChI=1S/C6H6.C5H10.F6P.Fe/c1-2-4-6-5-3-1;1-2-4-5-3-1;1-7(2,3,4,5)6;/h1-6H;1-5H2;;/q;;-1;. The topological polar surface area (TPSA) is 0 Å². The van der Waals surface area contributed by atoms with Crippen LogP contribution >= 0.6 is 7.81 Å². The zero-order valence-electron chi connectivity index (χ0n) is 10.1. The van der Waals surface area contributed by atoms with Crippen LogP contribution in [0, 0.1) is 0 Å². The van der Waals surface area contributed by atoms with E-state index in [1.54, 1.807) is 0 Å². The van der Waals surface area contributed by atoms with Gasteiger partial charge < -0.3 is 0 Å². The van der Waals surface area contributed by atoms with Crippen LogP contribution in [0.5, 0.6) is 0 Å². The van der Waals surface area contributed by atoms with Crippen molar-refractivity contribution >= 4 is 7.81 Å². The van der Waals surface area contributed by atoms with Crippen molar-refractivity contribution in [2.75, 3.05) is 0 Å². The molecule has 8 heteroatoms. The van der Waals surface area contributed by atoms with Crippen LogP contribution in [0.2, 0.25) is 0 Å². The normalized spacial score (nSPS) is 17.4. The summed E-state index contributed by atoms with van der Waals surface area (Å²) in [4.78, 5) is 0. The molecule has 1 fully saturated rings. The van der Waals surface area contributed by atoms with Gasteiger partial charge in [-0.05, 0) is 0 Å². The second kappa shape index (κ2) is 7.51. The van der Waals surface area contributed by atoms with Gasteiger partial charge in [0.25, 0.3) is 0 Å². The molecule has 1 saturated carbocycles. The molecular formula is C11H16F6FeP-. The average molecular weight is 349 g/mol. The monoisotopic (exact) mass is 349 g/mol. The van der Waals surface area contributed by atoms with Crippen LogP contribution in [0.1, 0.15) is 32.1 Å². The number of rotatable bonds is 0. The molecular weight excluding hydrogens is 333 g/mol. The predicted octanol–water partition coefficient (Wildman–Crippen LogP) is 7.02. The molecule has 0 N–H and O–H groups in total. The molecule has 0 amide bonds. The van der Waals surface area contributed by atoms with Crippen LogP contribution in [0.15, 0.2) is 36.4 Å². The molecule has 1 aliphatic rings. The van der Waals surface area contributed by atoms with Crippen molar-refractivity contribution in [3.05, 3.63) is 36.4 Å². The summed E-state index contributed by atoms with van der Waals surface area (Å²) in [5.41, 5.74) is 0. The smallest absolute Gasteiger partial charge is 0 e. The van der Waals surface area contributed by atoms with E-state index >= 15 is 0 Å². The van der Waals surface area contributed by atoms with E-state index in [1.165, 1.54) is 32.1 Å². The molecule has 0 radical (unpaired) electrons. The number of benzene rings is 1. The summed E-state index contributed by atoms with van der Waals surface area (Å²) >= 11 is 0. The first-order valence-electron chi connectivity index (χ1n) is 5.51.